The van der Waals surface area contributed by atoms with Crippen molar-refractivity contribution in [2.75, 3.05) is 5.73 Å². The van der Waals surface area contributed by atoms with Crippen molar-refractivity contribution in [2.45, 2.75) is 31.2 Å². The van der Waals surface area contributed by atoms with Crippen molar-refractivity contribution in [1.29, 1.82) is 0 Å². The van der Waals surface area contributed by atoms with Crippen LogP contribution in [0.25, 0.3) is 0 Å². The second kappa shape index (κ2) is 4.58. The fraction of sp³-hybridized carbons (Fsp3) is 0.364. The number of hydrogen-bond donors (Lipinski definition) is 3. The first-order valence-electron chi connectivity index (χ1n) is 5.26. The number of nitrogens with one attached hydrogen (secondary N) is 1. The van der Waals surface area contributed by atoms with Crippen LogP contribution in [0.5, 0.6) is 0 Å². The first-order chi connectivity index (χ1) is 8.06. The predicted octanol–water partition coefficient (Wildman–Crippen LogP) is 0.119. The summed E-state index contributed by atoms with van der Waals surface area (Å²) in [6.45, 7) is 4.43. The molecule has 0 spiro atoms. The standard InChI is InChI=1S/C11H17N3O3S/c1-7-6-8(12)4-5-9(7)18(16,17)14-11(2,3)10(13)15/h4-6,14H,12H2,1-3H3,(H2,13,15). The van der Waals surface area contributed by atoms with Gasteiger partial charge in [0.2, 0.25) is 15.9 Å². The summed E-state index contributed by atoms with van der Waals surface area (Å²) < 4.78 is 26.5. The highest BCUT2D eigenvalue weighted by Gasteiger charge is 2.31. The second-order valence-electron chi connectivity index (χ2n) is 4.62. The molecule has 0 aliphatic heterocycles. The van der Waals surface area contributed by atoms with Gasteiger partial charge in [0.05, 0.1) is 4.90 Å². The highest BCUT2D eigenvalue weighted by atomic mass is 32.2. The molecule has 0 saturated carbocycles. The van der Waals surface area contributed by atoms with E-state index in [9.17, 15) is 13.2 Å². The van der Waals surface area contributed by atoms with Crippen molar-refractivity contribution in [2.24, 2.45) is 5.73 Å². The van der Waals surface area contributed by atoms with E-state index in [1.807, 2.05) is 0 Å². The maximum absolute atomic E-state index is 12.1. The van der Waals surface area contributed by atoms with Crippen molar-refractivity contribution < 1.29 is 13.2 Å². The van der Waals surface area contributed by atoms with E-state index in [2.05, 4.69) is 4.72 Å². The Morgan fingerprint density at radius 2 is 1.89 bits per heavy atom. The van der Waals surface area contributed by atoms with E-state index in [1.54, 1.807) is 13.0 Å². The molecule has 1 rings (SSSR count). The van der Waals surface area contributed by atoms with Crippen LogP contribution in [0.15, 0.2) is 23.1 Å². The van der Waals surface area contributed by atoms with Crippen LogP contribution < -0.4 is 16.2 Å². The SMILES string of the molecule is Cc1cc(N)ccc1S(=O)(=O)NC(C)(C)C(N)=O. The van der Waals surface area contributed by atoms with Crippen molar-refractivity contribution in [3.8, 4) is 0 Å². The first kappa shape index (κ1) is 14.5. The van der Waals surface area contributed by atoms with Crippen LogP contribution in [0.3, 0.4) is 0 Å². The molecule has 0 aliphatic rings. The third kappa shape index (κ3) is 2.99. The molecule has 5 N–H and O–H groups in total. The molecule has 0 atom stereocenters. The van der Waals surface area contributed by atoms with Gasteiger partial charge in [0, 0.05) is 5.69 Å². The summed E-state index contributed by atoms with van der Waals surface area (Å²) in [5.74, 6) is -0.751. The minimum Gasteiger partial charge on any atom is -0.399 e. The molecule has 1 amide bonds. The fourth-order valence-electron chi connectivity index (χ4n) is 1.42. The molecule has 0 saturated heterocycles. The number of hydrogen-bond acceptors (Lipinski definition) is 4. The molecule has 0 unspecified atom stereocenters. The molecule has 0 radical (unpaired) electrons. The van der Waals surface area contributed by atoms with Gasteiger partial charge in [-0.3, -0.25) is 4.79 Å². The molecule has 6 nitrogen and oxygen atoms in total. The van der Waals surface area contributed by atoms with E-state index in [0.29, 0.717) is 11.3 Å². The van der Waals surface area contributed by atoms with Crippen LogP contribution in [0.2, 0.25) is 0 Å². The second-order valence-corrected chi connectivity index (χ2v) is 6.27. The molecule has 0 fully saturated rings. The number of primary amides is 1. The lowest BCUT2D eigenvalue weighted by atomic mass is 10.1. The summed E-state index contributed by atoms with van der Waals surface area (Å²) >= 11 is 0. The smallest absolute Gasteiger partial charge is 0.241 e. The van der Waals surface area contributed by atoms with E-state index in [0.717, 1.165) is 0 Å². The number of nitrogens with two attached hydrogens (primary N) is 2. The molecule has 0 heterocycles. The Balaban J connectivity index is 3.19. The minimum atomic E-state index is -3.82. The molecule has 1 aromatic carbocycles. The van der Waals surface area contributed by atoms with Gasteiger partial charge in [-0.15, -0.1) is 0 Å². The Labute approximate surface area is 106 Å². The number of sulfonamides is 1. The summed E-state index contributed by atoms with van der Waals surface area (Å²) in [7, 11) is -3.82. The highest BCUT2D eigenvalue weighted by Crippen LogP contribution is 2.19. The Morgan fingerprint density at radius 1 is 1.33 bits per heavy atom. The monoisotopic (exact) mass is 271 g/mol. The molecule has 0 bridgehead atoms. The van der Waals surface area contributed by atoms with Gasteiger partial charge >= 0.3 is 0 Å². The van der Waals surface area contributed by atoms with Crippen molar-refractivity contribution >= 4 is 21.6 Å². The molecular formula is C11H17N3O3S. The summed E-state index contributed by atoms with van der Waals surface area (Å²) in [6.07, 6.45) is 0. The maximum Gasteiger partial charge on any atom is 0.241 e. The molecule has 100 valence electrons. The van der Waals surface area contributed by atoms with E-state index in [4.69, 9.17) is 11.5 Å². The summed E-state index contributed by atoms with van der Waals surface area (Å²) in [6, 6.07) is 4.43. The van der Waals surface area contributed by atoms with Crippen LogP contribution in [0, 0.1) is 6.92 Å². The number of carbonyl (C=O) groups is 1. The van der Waals surface area contributed by atoms with Gasteiger partial charge in [-0.1, -0.05) is 0 Å². The average Bonchev–Trinajstić information content (AvgIpc) is 2.14. The summed E-state index contributed by atoms with van der Waals surface area (Å²) in [5, 5.41) is 0. The van der Waals surface area contributed by atoms with E-state index in [1.165, 1.54) is 26.0 Å². The van der Waals surface area contributed by atoms with Crippen LogP contribution >= 0.6 is 0 Å². The van der Waals surface area contributed by atoms with Gasteiger partial charge in [0.1, 0.15) is 5.54 Å². The van der Waals surface area contributed by atoms with Gasteiger partial charge in [0.15, 0.2) is 0 Å². The number of benzene rings is 1. The topological polar surface area (TPSA) is 115 Å². The molecule has 1 aromatic rings. The Kier molecular flexibility index (Phi) is 3.68. The lowest BCUT2D eigenvalue weighted by Crippen LogP contribution is -2.52. The molecule has 7 heteroatoms. The van der Waals surface area contributed by atoms with Gasteiger partial charge < -0.3 is 11.5 Å². The Bertz CT molecular complexity index is 579. The zero-order valence-electron chi connectivity index (χ0n) is 10.5. The molecule has 0 aromatic heterocycles. The lowest BCUT2D eigenvalue weighted by Gasteiger charge is -2.22. The zero-order chi connectivity index (χ0) is 14.1. The third-order valence-corrected chi connectivity index (χ3v) is 4.31. The van der Waals surface area contributed by atoms with Gasteiger partial charge in [-0.05, 0) is 44.5 Å². The van der Waals surface area contributed by atoms with Crippen LogP contribution in [-0.4, -0.2) is 19.9 Å². The van der Waals surface area contributed by atoms with E-state index >= 15 is 0 Å². The first-order valence-corrected chi connectivity index (χ1v) is 6.74. The number of rotatable bonds is 4. The van der Waals surface area contributed by atoms with Crippen molar-refractivity contribution in [3.05, 3.63) is 23.8 Å². The quantitative estimate of drug-likeness (QED) is 0.674. The van der Waals surface area contributed by atoms with Crippen LogP contribution in [0.1, 0.15) is 19.4 Å². The largest absolute Gasteiger partial charge is 0.399 e. The molecule has 0 aliphatic carbocycles. The van der Waals surface area contributed by atoms with Gasteiger partial charge in [0.25, 0.3) is 0 Å². The van der Waals surface area contributed by atoms with Gasteiger partial charge in [-0.2, -0.15) is 4.72 Å². The van der Waals surface area contributed by atoms with E-state index < -0.39 is 21.5 Å². The number of carbonyl (C=O) groups excluding carboxylic acids is 1. The Hall–Kier alpha value is -1.60. The number of nitrogen functional groups attached to an aromatic ring is 1. The van der Waals surface area contributed by atoms with Crippen LogP contribution in [-0.2, 0) is 14.8 Å². The van der Waals surface area contributed by atoms with Crippen LogP contribution in [0.4, 0.5) is 5.69 Å². The molecule has 18 heavy (non-hydrogen) atoms. The fourth-order valence-corrected chi connectivity index (χ4v) is 3.03. The highest BCUT2D eigenvalue weighted by molar-refractivity contribution is 7.89. The van der Waals surface area contributed by atoms with Crippen molar-refractivity contribution in [3.63, 3.8) is 0 Å². The molecular weight excluding hydrogens is 254 g/mol. The number of amides is 1. The maximum atomic E-state index is 12.1. The normalized spacial score (nSPS) is 12.4. The average molecular weight is 271 g/mol. The Morgan fingerprint density at radius 3 is 2.33 bits per heavy atom. The lowest BCUT2D eigenvalue weighted by molar-refractivity contribution is -0.122. The minimum absolute atomic E-state index is 0.0750. The zero-order valence-corrected chi connectivity index (χ0v) is 11.3. The van der Waals surface area contributed by atoms with Gasteiger partial charge in [-0.25, -0.2) is 8.42 Å². The van der Waals surface area contributed by atoms with E-state index in [-0.39, 0.29) is 4.90 Å². The predicted molar refractivity (Wildman–Crippen MR) is 69.2 cm³/mol. The summed E-state index contributed by atoms with van der Waals surface area (Å²) in [4.78, 5) is 11.2. The third-order valence-electron chi connectivity index (χ3n) is 2.49. The summed E-state index contributed by atoms with van der Waals surface area (Å²) in [5.41, 5.74) is 10.3. The van der Waals surface area contributed by atoms with Crippen molar-refractivity contribution in [1.82, 2.24) is 4.72 Å². The number of anilines is 1. The number of aryl methyl sites for hydroxylation is 1.